The molecule has 1 saturated carbocycles. The van der Waals surface area contributed by atoms with Crippen LogP contribution in [0.4, 0.5) is 0 Å². The van der Waals surface area contributed by atoms with Gasteiger partial charge in [0.05, 0.1) is 16.4 Å². The second kappa shape index (κ2) is 5.71. The van der Waals surface area contributed by atoms with Gasteiger partial charge in [0.25, 0.3) is 0 Å². The van der Waals surface area contributed by atoms with Gasteiger partial charge in [-0.1, -0.05) is 18.9 Å². The van der Waals surface area contributed by atoms with Crippen molar-refractivity contribution in [2.24, 2.45) is 22.4 Å². The molecule has 3 heterocycles. The highest BCUT2D eigenvalue weighted by atomic mass is 79.9. The molecule has 1 aliphatic heterocycles. The molecule has 5 N–H and O–H groups in total. The minimum atomic E-state index is -0.844. The largest absolute Gasteiger partial charge is 0.384 e. The van der Waals surface area contributed by atoms with E-state index in [2.05, 4.69) is 36.3 Å². The number of nitrogens with two attached hydrogens (primary N) is 2. The molecule has 1 fully saturated rings. The zero-order valence-corrected chi connectivity index (χ0v) is 14.6. The molecule has 1 unspecified atom stereocenters. The van der Waals surface area contributed by atoms with Crippen LogP contribution in [0.2, 0.25) is 0 Å². The molecule has 0 spiro atoms. The van der Waals surface area contributed by atoms with Gasteiger partial charge in [0.2, 0.25) is 5.96 Å². The summed E-state index contributed by atoms with van der Waals surface area (Å²) in [5, 5.41) is 7.43. The van der Waals surface area contributed by atoms with Gasteiger partial charge in [0.15, 0.2) is 0 Å². The van der Waals surface area contributed by atoms with Gasteiger partial charge >= 0.3 is 0 Å². The summed E-state index contributed by atoms with van der Waals surface area (Å²) >= 11 is 3.49. The highest BCUT2D eigenvalue weighted by molar-refractivity contribution is 9.11. The number of halogens is 1. The molecule has 0 saturated heterocycles. The van der Waals surface area contributed by atoms with Crippen LogP contribution >= 0.6 is 15.9 Å². The Bertz CT molecular complexity index is 822. The quantitative estimate of drug-likeness (QED) is 0.743. The Morgan fingerprint density at radius 3 is 2.92 bits per heavy atom. The van der Waals surface area contributed by atoms with Crippen molar-refractivity contribution < 1.29 is 0 Å². The fraction of sp³-hybridized carbons (Fsp3) is 0.312. The van der Waals surface area contributed by atoms with Crippen LogP contribution in [0.15, 0.2) is 52.1 Å². The van der Waals surface area contributed by atoms with Gasteiger partial charge in [-0.2, -0.15) is 5.10 Å². The van der Waals surface area contributed by atoms with E-state index in [9.17, 15) is 0 Å². The molecule has 124 valence electrons. The average molecular weight is 388 g/mol. The second-order valence-corrected chi connectivity index (χ2v) is 7.04. The van der Waals surface area contributed by atoms with Gasteiger partial charge in [0, 0.05) is 18.0 Å². The maximum Gasteiger partial charge on any atom is 0.227 e. The minimum Gasteiger partial charge on any atom is -0.384 e. The van der Waals surface area contributed by atoms with Crippen molar-refractivity contribution in [1.29, 1.82) is 0 Å². The van der Waals surface area contributed by atoms with Crippen LogP contribution in [-0.2, 0) is 0 Å². The van der Waals surface area contributed by atoms with Crippen LogP contribution in [0.3, 0.4) is 0 Å². The third kappa shape index (κ3) is 2.83. The molecular weight excluding hydrogens is 370 g/mol. The standard InChI is InChI=1S/C16H18BrN7/c17-13-14(18)22-15(23-16(13,19)7-10-4-5-10)24-9-11(8-21-24)12-3-1-2-6-20-12/h1-3,6,8-10H,4-5,7,18-19H2,(H,22,23). The smallest absolute Gasteiger partial charge is 0.227 e. The van der Waals surface area contributed by atoms with Crippen LogP contribution in [0.1, 0.15) is 19.3 Å². The molecule has 1 atom stereocenters. The zero-order chi connectivity index (χ0) is 16.7. The number of hydrogen-bond donors (Lipinski definition) is 3. The lowest BCUT2D eigenvalue weighted by Gasteiger charge is -2.31. The lowest BCUT2D eigenvalue weighted by Crippen LogP contribution is -2.50. The second-order valence-electron chi connectivity index (χ2n) is 6.25. The third-order valence-corrected chi connectivity index (χ3v) is 5.34. The maximum atomic E-state index is 6.51. The first-order chi connectivity index (χ1) is 11.5. The SMILES string of the molecule is NC1=C(Br)C(N)(CC2CC2)N=C(n2cc(-c3ccccn3)cn2)N1. The van der Waals surface area contributed by atoms with Crippen LogP contribution in [-0.4, -0.2) is 26.4 Å². The molecule has 0 bridgehead atoms. The number of nitrogens with zero attached hydrogens (tertiary/aromatic N) is 4. The van der Waals surface area contributed by atoms with E-state index in [1.165, 1.54) is 12.8 Å². The van der Waals surface area contributed by atoms with E-state index in [1.54, 1.807) is 17.1 Å². The fourth-order valence-corrected chi connectivity index (χ4v) is 3.13. The molecular formula is C16H18BrN7. The molecule has 7 nitrogen and oxygen atoms in total. The summed E-state index contributed by atoms with van der Waals surface area (Å²) < 4.78 is 2.34. The summed E-state index contributed by atoms with van der Waals surface area (Å²) in [5.74, 6) is 1.60. The number of rotatable bonds is 3. The number of pyridine rings is 1. The Labute approximate surface area is 148 Å². The van der Waals surface area contributed by atoms with Gasteiger partial charge in [-0.25, -0.2) is 9.67 Å². The molecule has 24 heavy (non-hydrogen) atoms. The van der Waals surface area contributed by atoms with E-state index in [-0.39, 0.29) is 0 Å². The lowest BCUT2D eigenvalue weighted by atomic mass is 10.0. The van der Waals surface area contributed by atoms with Crippen LogP contribution in [0, 0.1) is 5.92 Å². The minimum absolute atomic E-state index is 0.470. The Hall–Kier alpha value is -2.19. The number of aliphatic imine (C=N–C) groups is 1. The Morgan fingerprint density at radius 2 is 2.21 bits per heavy atom. The van der Waals surface area contributed by atoms with Crippen LogP contribution < -0.4 is 16.8 Å². The normalized spacial score (nSPS) is 23.8. The van der Waals surface area contributed by atoms with Gasteiger partial charge in [-0.3, -0.25) is 4.98 Å². The van der Waals surface area contributed by atoms with Crippen molar-refractivity contribution >= 4 is 21.9 Å². The first-order valence-corrected chi connectivity index (χ1v) is 8.62. The number of hydrogen-bond acceptors (Lipinski definition) is 6. The average Bonchev–Trinajstić information content (AvgIpc) is 3.24. The van der Waals surface area contributed by atoms with Crippen LogP contribution in [0.5, 0.6) is 0 Å². The van der Waals surface area contributed by atoms with E-state index in [1.807, 2.05) is 24.4 Å². The van der Waals surface area contributed by atoms with E-state index >= 15 is 0 Å². The van der Waals surface area contributed by atoms with Gasteiger partial charge in [-0.05, 0) is 40.4 Å². The summed E-state index contributed by atoms with van der Waals surface area (Å²) in [5.41, 5.74) is 13.5. The van der Waals surface area contributed by atoms with Crippen molar-refractivity contribution in [1.82, 2.24) is 20.1 Å². The van der Waals surface area contributed by atoms with E-state index in [4.69, 9.17) is 11.5 Å². The summed E-state index contributed by atoms with van der Waals surface area (Å²) in [4.78, 5) is 9.01. The summed E-state index contributed by atoms with van der Waals surface area (Å²) in [6.07, 6.45) is 8.52. The van der Waals surface area contributed by atoms with Crippen molar-refractivity contribution in [2.45, 2.75) is 24.9 Å². The fourth-order valence-electron chi connectivity index (χ4n) is 2.78. The molecule has 0 radical (unpaired) electrons. The zero-order valence-electron chi connectivity index (χ0n) is 13.0. The predicted octanol–water partition coefficient (Wildman–Crippen LogP) is 1.73. The molecule has 0 aromatic carbocycles. The Morgan fingerprint density at radius 1 is 1.38 bits per heavy atom. The van der Waals surface area contributed by atoms with E-state index < -0.39 is 5.66 Å². The summed E-state index contributed by atoms with van der Waals surface area (Å²) in [7, 11) is 0. The molecule has 2 aromatic heterocycles. The first kappa shape index (κ1) is 15.3. The topological polar surface area (TPSA) is 107 Å². The summed E-state index contributed by atoms with van der Waals surface area (Å²) in [6, 6.07) is 5.75. The highest BCUT2D eigenvalue weighted by Gasteiger charge is 2.40. The van der Waals surface area contributed by atoms with Crippen molar-refractivity contribution in [2.75, 3.05) is 0 Å². The van der Waals surface area contributed by atoms with Gasteiger partial charge in [0.1, 0.15) is 11.5 Å². The highest BCUT2D eigenvalue weighted by Crippen LogP contribution is 2.41. The van der Waals surface area contributed by atoms with Gasteiger partial charge in [-0.15, -0.1) is 0 Å². The van der Waals surface area contributed by atoms with Gasteiger partial charge < -0.3 is 16.8 Å². The predicted molar refractivity (Wildman–Crippen MR) is 95.8 cm³/mol. The molecule has 1 aliphatic carbocycles. The Kier molecular flexibility index (Phi) is 3.65. The number of aromatic nitrogens is 3. The molecule has 4 rings (SSSR count). The van der Waals surface area contributed by atoms with E-state index in [0.717, 1.165) is 17.7 Å². The monoisotopic (exact) mass is 387 g/mol. The van der Waals surface area contributed by atoms with E-state index in [0.29, 0.717) is 22.2 Å². The molecule has 0 amide bonds. The summed E-state index contributed by atoms with van der Waals surface area (Å²) in [6.45, 7) is 0. The third-order valence-electron chi connectivity index (χ3n) is 4.23. The lowest BCUT2D eigenvalue weighted by molar-refractivity contribution is 0.455. The van der Waals surface area contributed by atoms with Crippen molar-refractivity contribution in [3.63, 3.8) is 0 Å². The van der Waals surface area contributed by atoms with Crippen molar-refractivity contribution in [3.8, 4) is 11.3 Å². The Balaban J connectivity index is 1.66. The molecule has 2 aromatic rings. The maximum absolute atomic E-state index is 6.51. The van der Waals surface area contributed by atoms with Crippen molar-refractivity contribution in [3.05, 3.63) is 47.1 Å². The molecule has 8 heteroatoms. The first-order valence-electron chi connectivity index (χ1n) is 7.83. The molecule has 2 aliphatic rings. The van der Waals surface area contributed by atoms with Crippen LogP contribution in [0.25, 0.3) is 11.3 Å². The number of nitrogens with one attached hydrogen (secondary N) is 1.